The standard InChI is InChI=1S/C19H18N2O8S2/c1-3-28-17(22)19(18(23)29-4-2,30-15-9-5-13(6-10-15)20(24)25)31-16-11-7-14(8-12-16)21(26)27/h5-12H,3-4H2,1-2H3. The Morgan fingerprint density at radius 3 is 1.35 bits per heavy atom. The Morgan fingerprint density at radius 1 is 0.774 bits per heavy atom. The van der Waals surface area contributed by atoms with Gasteiger partial charge in [0.1, 0.15) is 0 Å². The fourth-order valence-corrected chi connectivity index (χ4v) is 4.85. The van der Waals surface area contributed by atoms with Crippen LogP contribution in [-0.4, -0.2) is 39.1 Å². The van der Waals surface area contributed by atoms with Gasteiger partial charge in [0, 0.05) is 34.1 Å². The first-order valence-corrected chi connectivity index (χ1v) is 10.6. The van der Waals surface area contributed by atoms with Crippen LogP contribution in [0.3, 0.4) is 0 Å². The molecule has 0 bridgehead atoms. The lowest BCUT2D eigenvalue weighted by Gasteiger charge is -2.28. The summed E-state index contributed by atoms with van der Waals surface area (Å²) < 4.78 is 8.36. The number of nitrogens with zero attached hydrogens (tertiary/aromatic N) is 2. The van der Waals surface area contributed by atoms with Gasteiger partial charge in [0.15, 0.2) is 0 Å². The second-order valence-electron chi connectivity index (χ2n) is 5.76. The Hall–Kier alpha value is -3.12. The Balaban J connectivity index is 2.50. The van der Waals surface area contributed by atoms with Gasteiger partial charge in [0.2, 0.25) is 0 Å². The molecule has 31 heavy (non-hydrogen) atoms. The van der Waals surface area contributed by atoms with Crippen LogP contribution in [0.2, 0.25) is 0 Å². The summed E-state index contributed by atoms with van der Waals surface area (Å²) in [6, 6.07) is 10.6. The summed E-state index contributed by atoms with van der Waals surface area (Å²) >= 11 is 1.63. The van der Waals surface area contributed by atoms with Crippen LogP contribution in [0.4, 0.5) is 11.4 Å². The largest absolute Gasteiger partial charge is 0.464 e. The van der Waals surface area contributed by atoms with Crippen LogP contribution >= 0.6 is 23.5 Å². The molecular weight excluding hydrogens is 448 g/mol. The Labute approximate surface area is 185 Å². The van der Waals surface area contributed by atoms with Crippen molar-refractivity contribution in [2.75, 3.05) is 13.2 Å². The number of benzene rings is 2. The molecule has 0 atom stereocenters. The SMILES string of the molecule is CCOC(=O)C(Sc1ccc([N+](=O)[O-])cc1)(Sc1ccc([N+](=O)[O-])cc1)C(=O)OCC. The minimum atomic E-state index is -1.93. The molecule has 0 fully saturated rings. The van der Waals surface area contributed by atoms with Gasteiger partial charge >= 0.3 is 11.9 Å². The number of carbonyl (C=O) groups is 2. The molecule has 0 radical (unpaired) electrons. The third-order valence-corrected chi connectivity index (χ3v) is 6.46. The Morgan fingerprint density at radius 2 is 1.10 bits per heavy atom. The van der Waals surface area contributed by atoms with E-state index in [2.05, 4.69) is 0 Å². The summed E-state index contributed by atoms with van der Waals surface area (Å²) in [5.74, 6) is -1.75. The molecule has 164 valence electrons. The van der Waals surface area contributed by atoms with E-state index in [9.17, 15) is 29.8 Å². The second-order valence-corrected chi connectivity index (χ2v) is 8.60. The first-order valence-electron chi connectivity index (χ1n) is 8.94. The second kappa shape index (κ2) is 10.8. The summed E-state index contributed by atoms with van der Waals surface area (Å²) in [6.07, 6.45) is 0. The predicted octanol–water partition coefficient (Wildman–Crippen LogP) is 4.21. The van der Waals surface area contributed by atoms with Crippen molar-refractivity contribution in [1.29, 1.82) is 0 Å². The van der Waals surface area contributed by atoms with Gasteiger partial charge < -0.3 is 9.47 Å². The van der Waals surface area contributed by atoms with Crippen LogP contribution in [-0.2, 0) is 19.1 Å². The zero-order chi connectivity index (χ0) is 23.0. The van der Waals surface area contributed by atoms with Gasteiger partial charge in [-0.1, -0.05) is 23.5 Å². The molecule has 0 unspecified atom stereocenters. The summed E-state index contributed by atoms with van der Waals surface area (Å²) in [6.45, 7) is 3.17. The average Bonchev–Trinajstić information content (AvgIpc) is 2.74. The number of thioether (sulfide) groups is 2. The molecule has 0 spiro atoms. The average molecular weight is 466 g/mol. The zero-order valence-corrected chi connectivity index (χ0v) is 18.1. The number of esters is 2. The van der Waals surface area contributed by atoms with E-state index >= 15 is 0 Å². The number of non-ortho nitro benzene ring substituents is 2. The van der Waals surface area contributed by atoms with Crippen LogP contribution in [0.5, 0.6) is 0 Å². The smallest absolute Gasteiger partial charge is 0.345 e. The van der Waals surface area contributed by atoms with E-state index < -0.39 is 25.9 Å². The van der Waals surface area contributed by atoms with Gasteiger partial charge in [-0.05, 0) is 38.1 Å². The molecule has 2 aromatic carbocycles. The lowest BCUT2D eigenvalue weighted by atomic mass is 10.3. The Kier molecular flexibility index (Phi) is 8.39. The molecule has 0 aliphatic rings. The van der Waals surface area contributed by atoms with Gasteiger partial charge in [0.05, 0.1) is 23.1 Å². The minimum Gasteiger partial charge on any atom is -0.464 e. The summed E-state index contributed by atoms with van der Waals surface area (Å²) in [5.41, 5.74) is -0.296. The van der Waals surface area contributed by atoms with E-state index in [1.807, 2.05) is 0 Å². The lowest BCUT2D eigenvalue weighted by molar-refractivity contribution is -0.385. The number of ether oxygens (including phenoxy) is 2. The molecule has 0 saturated heterocycles. The van der Waals surface area contributed by atoms with Crippen molar-refractivity contribution in [3.63, 3.8) is 0 Å². The third kappa shape index (κ3) is 5.95. The Bertz CT molecular complexity index is 884. The highest BCUT2D eigenvalue weighted by molar-refractivity contribution is 8.20. The van der Waals surface area contributed by atoms with Crippen molar-refractivity contribution >= 4 is 46.8 Å². The van der Waals surface area contributed by atoms with Crippen molar-refractivity contribution in [1.82, 2.24) is 0 Å². The monoisotopic (exact) mass is 466 g/mol. The van der Waals surface area contributed by atoms with E-state index in [-0.39, 0.29) is 24.6 Å². The highest BCUT2D eigenvalue weighted by Gasteiger charge is 2.51. The number of nitro groups is 2. The zero-order valence-electron chi connectivity index (χ0n) is 16.5. The fraction of sp³-hybridized carbons (Fsp3) is 0.263. The van der Waals surface area contributed by atoms with Crippen molar-refractivity contribution in [3.05, 3.63) is 68.8 Å². The number of hydrogen-bond acceptors (Lipinski definition) is 10. The van der Waals surface area contributed by atoms with Crippen molar-refractivity contribution in [2.24, 2.45) is 0 Å². The summed E-state index contributed by atoms with van der Waals surface area (Å²) in [4.78, 5) is 47.4. The van der Waals surface area contributed by atoms with Crippen LogP contribution in [0.1, 0.15) is 13.8 Å². The van der Waals surface area contributed by atoms with Crippen molar-refractivity contribution < 1.29 is 28.9 Å². The van der Waals surface area contributed by atoms with Gasteiger partial charge in [-0.3, -0.25) is 20.2 Å². The van der Waals surface area contributed by atoms with Gasteiger partial charge in [-0.2, -0.15) is 0 Å². The maximum Gasteiger partial charge on any atom is 0.345 e. The molecule has 0 saturated carbocycles. The first kappa shape index (κ1) is 24.2. The first-order chi connectivity index (χ1) is 14.7. The maximum atomic E-state index is 13.0. The topological polar surface area (TPSA) is 139 Å². The van der Waals surface area contributed by atoms with Crippen LogP contribution in [0, 0.1) is 20.2 Å². The number of hydrogen-bond donors (Lipinski definition) is 0. The minimum absolute atomic E-state index is 0.00162. The maximum absolute atomic E-state index is 13.0. The molecule has 0 aromatic heterocycles. The number of carbonyl (C=O) groups excluding carboxylic acids is 2. The van der Waals surface area contributed by atoms with E-state index in [1.54, 1.807) is 13.8 Å². The highest BCUT2D eigenvalue weighted by Crippen LogP contribution is 2.48. The van der Waals surface area contributed by atoms with Crippen LogP contribution in [0.15, 0.2) is 58.3 Å². The third-order valence-electron chi connectivity index (χ3n) is 3.71. The molecular formula is C19H18N2O8S2. The number of rotatable bonds is 10. The van der Waals surface area contributed by atoms with Crippen LogP contribution in [0.25, 0.3) is 0 Å². The lowest BCUT2D eigenvalue weighted by Crippen LogP contribution is -2.43. The molecule has 0 amide bonds. The molecule has 0 aliphatic heterocycles. The van der Waals surface area contributed by atoms with E-state index in [0.29, 0.717) is 9.79 Å². The van der Waals surface area contributed by atoms with Gasteiger partial charge in [-0.25, -0.2) is 9.59 Å². The molecule has 12 heteroatoms. The van der Waals surface area contributed by atoms with E-state index in [1.165, 1.54) is 48.5 Å². The van der Waals surface area contributed by atoms with E-state index in [4.69, 9.17) is 9.47 Å². The van der Waals surface area contributed by atoms with Gasteiger partial charge in [-0.15, -0.1) is 0 Å². The molecule has 2 rings (SSSR count). The van der Waals surface area contributed by atoms with Crippen molar-refractivity contribution in [2.45, 2.75) is 27.7 Å². The fourth-order valence-electron chi connectivity index (χ4n) is 2.33. The van der Waals surface area contributed by atoms with E-state index in [0.717, 1.165) is 23.5 Å². The summed E-state index contributed by atoms with van der Waals surface area (Å²) in [5, 5.41) is 21.8. The molecule has 2 aromatic rings. The predicted molar refractivity (Wildman–Crippen MR) is 114 cm³/mol. The normalized spacial score (nSPS) is 10.9. The quantitative estimate of drug-likeness (QED) is 0.125. The molecule has 0 heterocycles. The molecule has 0 aliphatic carbocycles. The highest BCUT2D eigenvalue weighted by atomic mass is 32.2. The molecule has 10 nitrogen and oxygen atoms in total. The summed E-state index contributed by atoms with van der Waals surface area (Å²) in [7, 11) is 0. The van der Waals surface area contributed by atoms with Gasteiger partial charge in [0.25, 0.3) is 15.5 Å². The van der Waals surface area contributed by atoms with Crippen LogP contribution < -0.4 is 0 Å². The molecule has 0 N–H and O–H groups in total. The number of nitro benzene ring substituents is 2. The van der Waals surface area contributed by atoms with Crippen molar-refractivity contribution in [3.8, 4) is 0 Å².